The number of aromatic amines is 1. The lowest BCUT2D eigenvalue weighted by Crippen LogP contribution is -2.38. The van der Waals surface area contributed by atoms with Crippen LogP contribution in [0.3, 0.4) is 0 Å². The van der Waals surface area contributed by atoms with Gasteiger partial charge in [0.2, 0.25) is 0 Å². The second kappa shape index (κ2) is 7.46. The Morgan fingerprint density at radius 2 is 1.86 bits per heavy atom. The fraction of sp³-hybridized carbons (Fsp3) is 0.318. The van der Waals surface area contributed by atoms with Gasteiger partial charge in [-0.05, 0) is 54.7 Å². The van der Waals surface area contributed by atoms with Crippen molar-refractivity contribution in [2.24, 2.45) is 0 Å². The molecule has 1 fully saturated rings. The zero-order chi connectivity index (χ0) is 20.6. The van der Waals surface area contributed by atoms with E-state index in [1.807, 2.05) is 24.4 Å². The van der Waals surface area contributed by atoms with Gasteiger partial charge >= 0.3 is 6.18 Å². The molecule has 0 unspecified atom stereocenters. The summed E-state index contributed by atoms with van der Waals surface area (Å²) in [5, 5.41) is 1.08. The van der Waals surface area contributed by atoms with Gasteiger partial charge in [0, 0.05) is 30.2 Å². The fourth-order valence-corrected chi connectivity index (χ4v) is 4.07. The molecular weight excluding hydrogens is 381 g/mol. The average Bonchev–Trinajstić information content (AvgIpc) is 3.16. The molecule has 0 atom stereocenters. The number of likely N-dealkylation sites (tertiary alicyclic amines) is 1. The summed E-state index contributed by atoms with van der Waals surface area (Å²) in [4.78, 5) is 17.5. The van der Waals surface area contributed by atoms with Crippen molar-refractivity contribution in [3.05, 3.63) is 65.4 Å². The van der Waals surface area contributed by atoms with E-state index >= 15 is 0 Å². The van der Waals surface area contributed by atoms with E-state index in [-0.39, 0.29) is 11.5 Å². The Morgan fingerprint density at radius 1 is 1.14 bits per heavy atom. The van der Waals surface area contributed by atoms with Crippen LogP contribution in [0.25, 0.3) is 10.9 Å². The average molecular weight is 402 g/mol. The standard InChI is InChI=1S/C22H21F3N2O2/c1-29-15-6-7-20-17(12-15)18(13-26-20)14-8-10-27(11-9-14)21(28)16-4-2-3-5-19(16)22(23,24)25/h2-7,12-14,26H,8-11H2,1H3. The van der Waals surface area contributed by atoms with Gasteiger partial charge in [0.15, 0.2) is 0 Å². The van der Waals surface area contributed by atoms with Crippen molar-refractivity contribution in [3.63, 3.8) is 0 Å². The van der Waals surface area contributed by atoms with E-state index in [1.165, 1.54) is 23.1 Å². The molecular formula is C22H21F3N2O2. The number of nitrogens with one attached hydrogen (secondary N) is 1. The summed E-state index contributed by atoms with van der Waals surface area (Å²) in [6.45, 7) is 0.846. The Balaban J connectivity index is 1.51. The number of benzene rings is 2. The maximum atomic E-state index is 13.2. The minimum Gasteiger partial charge on any atom is -0.497 e. The smallest absolute Gasteiger partial charge is 0.417 e. The third-order valence-electron chi connectivity index (χ3n) is 5.61. The minimum atomic E-state index is -4.55. The predicted molar refractivity (Wildman–Crippen MR) is 104 cm³/mol. The van der Waals surface area contributed by atoms with Gasteiger partial charge in [-0.2, -0.15) is 13.2 Å². The summed E-state index contributed by atoms with van der Waals surface area (Å²) < 4.78 is 45.1. The number of methoxy groups -OCH3 is 1. The quantitative estimate of drug-likeness (QED) is 0.653. The van der Waals surface area contributed by atoms with Crippen molar-refractivity contribution in [1.29, 1.82) is 0 Å². The Kier molecular flexibility index (Phi) is 4.98. The Labute approximate surface area is 166 Å². The van der Waals surface area contributed by atoms with Crippen LogP contribution in [0.4, 0.5) is 13.2 Å². The molecule has 1 aliphatic rings. The first-order valence-electron chi connectivity index (χ1n) is 9.49. The first kappa shape index (κ1) is 19.4. The number of hydrogen-bond acceptors (Lipinski definition) is 2. The van der Waals surface area contributed by atoms with Crippen molar-refractivity contribution < 1.29 is 22.7 Å². The van der Waals surface area contributed by atoms with Crippen molar-refractivity contribution in [3.8, 4) is 5.75 Å². The summed E-state index contributed by atoms with van der Waals surface area (Å²) in [6, 6.07) is 10.8. The van der Waals surface area contributed by atoms with E-state index in [0.717, 1.165) is 28.3 Å². The van der Waals surface area contributed by atoms with Crippen molar-refractivity contribution in [2.75, 3.05) is 20.2 Å². The lowest BCUT2D eigenvalue weighted by atomic mass is 9.88. The van der Waals surface area contributed by atoms with Crippen LogP contribution in [0.15, 0.2) is 48.7 Å². The minimum absolute atomic E-state index is 0.234. The number of halogens is 3. The number of carbonyl (C=O) groups excluding carboxylic acids is 1. The molecule has 0 aliphatic carbocycles. The number of ether oxygens (including phenoxy) is 1. The summed E-state index contributed by atoms with van der Waals surface area (Å²) >= 11 is 0. The Morgan fingerprint density at radius 3 is 2.55 bits per heavy atom. The van der Waals surface area contributed by atoms with Gasteiger partial charge in [-0.25, -0.2) is 0 Å². The highest BCUT2D eigenvalue weighted by Gasteiger charge is 2.36. The lowest BCUT2D eigenvalue weighted by molar-refractivity contribution is -0.138. The molecule has 1 aromatic heterocycles. The summed E-state index contributed by atoms with van der Waals surface area (Å²) in [7, 11) is 1.62. The van der Waals surface area contributed by atoms with Crippen molar-refractivity contribution in [2.45, 2.75) is 24.9 Å². The highest BCUT2D eigenvalue weighted by Crippen LogP contribution is 2.36. The van der Waals surface area contributed by atoms with Gasteiger partial charge in [0.05, 0.1) is 18.2 Å². The number of rotatable bonds is 3. The number of nitrogens with zero attached hydrogens (tertiary/aromatic N) is 1. The number of carbonyl (C=O) groups is 1. The highest BCUT2D eigenvalue weighted by molar-refractivity contribution is 5.96. The van der Waals surface area contributed by atoms with E-state index in [1.54, 1.807) is 7.11 Å². The maximum Gasteiger partial charge on any atom is 0.417 e. The van der Waals surface area contributed by atoms with Crippen LogP contribution in [0.1, 0.15) is 40.2 Å². The van der Waals surface area contributed by atoms with E-state index in [0.29, 0.717) is 25.9 Å². The monoisotopic (exact) mass is 402 g/mol. The third-order valence-corrected chi connectivity index (χ3v) is 5.61. The van der Waals surface area contributed by atoms with Crippen LogP contribution >= 0.6 is 0 Å². The van der Waals surface area contributed by atoms with Crippen LogP contribution in [0.5, 0.6) is 5.75 Å². The molecule has 0 spiro atoms. The topological polar surface area (TPSA) is 45.3 Å². The Bertz CT molecular complexity index is 1030. The van der Waals surface area contributed by atoms with E-state index in [2.05, 4.69) is 4.98 Å². The second-order valence-corrected chi connectivity index (χ2v) is 7.27. The van der Waals surface area contributed by atoms with Crippen LogP contribution in [-0.2, 0) is 6.18 Å². The number of piperidine rings is 1. The van der Waals surface area contributed by atoms with Crippen LogP contribution in [0.2, 0.25) is 0 Å². The molecule has 1 N–H and O–H groups in total. The molecule has 0 saturated carbocycles. The van der Waals surface area contributed by atoms with Crippen molar-refractivity contribution >= 4 is 16.8 Å². The molecule has 2 heterocycles. The molecule has 3 aromatic rings. The number of amides is 1. The number of fused-ring (bicyclic) bond motifs is 1. The van der Waals surface area contributed by atoms with Gasteiger partial charge in [0.1, 0.15) is 5.75 Å². The molecule has 0 bridgehead atoms. The first-order valence-corrected chi connectivity index (χ1v) is 9.49. The number of hydrogen-bond donors (Lipinski definition) is 1. The predicted octanol–water partition coefficient (Wildman–Crippen LogP) is 5.22. The normalized spacial score (nSPS) is 15.7. The van der Waals surface area contributed by atoms with E-state index < -0.39 is 17.6 Å². The molecule has 2 aromatic carbocycles. The largest absolute Gasteiger partial charge is 0.497 e. The van der Waals surface area contributed by atoms with Crippen molar-refractivity contribution in [1.82, 2.24) is 9.88 Å². The maximum absolute atomic E-state index is 13.2. The first-order chi connectivity index (χ1) is 13.9. The molecule has 4 rings (SSSR count). The molecule has 7 heteroatoms. The van der Waals surface area contributed by atoms with E-state index in [4.69, 9.17) is 4.74 Å². The zero-order valence-electron chi connectivity index (χ0n) is 15.9. The lowest BCUT2D eigenvalue weighted by Gasteiger charge is -2.32. The number of alkyl halides is 3. The molecule has 1 saturated heterocycles. The summed E-state index contributed by atoms with van der Waals surface area (Å²) in [5.74, 6) is 0.449. The van der Waals surface area contributed by atoms with Gasteiger partial charge in [0.25, 0.3) is 5.91 Å². The molecule has 0 radical (unpaired) electrons. The summed E-state index contributed by atoms with van der Waals surface area (Å²) in [6.07, 6.45) is -1.17. The van der Waals surface area contributed by atoms with Crippen LogP contribution in [0, 0.1) is 0 Å². The zero-order valence-corrected chi connectivity index (χ0v) is 15.9. The number of H-pyrrole nitrogens is 1. The second-order valence-electron chi connectivity index (χ2n) is 7.27. The molecule has 29 heavy (non-hydrogen) atoms. The van der Waals surface area contributed by atoms with Gasteiger partial charge in [-0.15, -0.1) is 0 Å². The Hall–Kier alpha value is -2.96. The van der Waals surface area contributed by atoms with Gasteiger partial charge < -0.3 is 14.6 Å². The molecule has 152 valence electrons. The molecule has 1 aliphatic heterocycles. The van der Waals surface area contributed by atoms with Crippen LogP contribution < -0.4 is 4.74 Å². The highest BCUT2D eigenvalue weighted by atomic mass is 19.4. The third kappa shape index (κ3) is 3.69. The van der Waals surface area contributed by atoms with Crippen LogP contribution in [-0.4, -0.2) is 36.0 Å². The van der Waals surface area contributed by atoms with Gasteiger partial charge in [-0.1, -0.05) is 12.1 Å². The fourth-order valence-electron chi connectivity index (χ4n) is 4.07. The molecule has 1 amide bonds. The SMILES string of the molecule is COc1ccc2[nH]cc(C3CCN(C(=O)c4ccccc4C(F)(F)F)CC3)c2c1. The molecule has 4 nitrogen and oxygen atoms in total. The van der Waals surface area contributed by atoms with E-state index in [9.17, 15) is 18.0 Å². The summed E-state index contributed by atoms with van der Waals surface area (Å²) in [5.41, 5.74) is 1.01. The number of aromatic nitrogens is 1. The van der Waals surface area contributed by atoms with Gasteiger partial charge in [-0.3, -0.25) is 4.79 Å².